The molecule has 76 valence electrons. The van der Waals surface area contributed by atoms with Crippen LogP contribution in [0.25, 0.3) is 0 Å². The van der Waals surface area contributed by atoms with Crippen molar-refractivity contribution in [1.29, 1.82) is 0 Å². The van der Waals surface area contributed by atoms with E-state index in [0.29, 0.717) is 6.42 Å². The molecule has 0 spiro atoms. The molecule has 0 heterocycles. The van der Waals surface area contributed by atoms with Gasteiger partial charge in [0.1, 0.15) is 6.10 Å². The molecule has 6 atom stereocenters. The fraction of sp³-hybridized carbons (Fsp3) is 1.00. The lowest BCUT2D eigenvalue weighted by Gasteiger charge is -2.37. The number of hydrogen-bond donors (Lipinski definition) is 5. The summed E-state index contributed by atoms with van der Waals surface area (Å²) in [7, 11) is 0. The SMILES string of the molecule is N[C@@H]1[C@H](O)[C@@H](O)[C@H](O)[C@]2(CO)C[C@H]12. The van der Waals surface area contributed by atoms with Crippen LogP contribution in [-0.2, 0) is 0 Å². The summed E-state index contributed by atoms with van der Waals surface area (Å²) in [6.45, 7) is -0.184. The molecule has 0 bridgehead atoms. The fourth-order valence-electron chi connectivity index (χ4n) is 2.48. The van der Waals surface area contributed by atoms with Crippen LogP contribution in [0.2, 0.25) is 0 Å². The summed E-state index contributed by atoms with van der Waals surface area (Å²) in [4.78, 5) is 0. The van der Waals surface area contributed by atoms with Crippen molar-refractivity contribution in [2.45, 2.75) is 30.8 Å². The van der Waals surface area contributed by atoms with E-state index in [-0.39, 0.29) is 12.5 Å². The van der Waals surface area contributed by atoms with E-state index in [2.05, 4.69) is 0 Å². The van der Waals surface area contributed by atoms with Gasteiger partial charge in [0.25, 0.3) is 0 Å². The standard InChI is InChI=1S/C8H15NO4/c9-4-3-1-8(3,2-10)7(13)6(12)5(4)11/h3-7,10-13H,1-2,9H2/t3-,4+,5+,6-,7+,8+/m1/s1. The third-order valence-electron chi connectivity index (χ3n) is 3.59. The lowest BCUT2D eigenvalue weighted by Crippen LogP contribution is -2.58. The van der Waals surface area contributed by atoms with Crippen LogP contribution in [0.5, 0.6) is 0 Å². The first-order valence-electron chi connectivity index (χ1n) is 4.45. The smallest absolute Gasteiger partial charge is 0.108 e. The summed E-state index contributed by atoms with van der Waals surface area (Å²) in [6, 6.07) is -0.537. The van der Waals surface area contributed by atoms with Crippen LogP contribution in [0.4, 0.5) is 0 Å². The third-order valence-corrected chi connectivity index (χ3v) is 3.59. The van der Waals surface area contributed by atoms with E-state index in [9.17, 15) is 15.3 Å². The van der Waals surface area contributed by atoms with Gasteiger partial charge >= 0.3 is 0 Å². The monoisotopic (exact) mass is 189 g/mol. The summed E-state index contributed by atoms with van der Waals surface area (Å²) < 4.78 is 0. The topological polar surface area (TPSA) is 107 Å². The van der Waals surface area contributed by atoms with E-state index in [1.54, 1.807) is 0 Å². The highest BCUT2D eigenvalue weighted by atomic mass is 16.4. The Bertz CT molecular complexity index is 224. The summed E-state index contributed by atoms with van der Waals surface area (Å²) in [5.74, 6) is -0.0640. The third kappa shape index (κ3) is 0.992. The number of nitrogens with two attached hydrogens (primary N) is 1. The zero-order valence-corrected chi connectivity index (χ0v) is 7.17. The van der Waals surface area contributed by atoms with Gasteiger partial charge < -0.3 is 26.2 Å². The highest BCUT2D eigenvalue weighted by Gasteiger charge is 2.67. The van der Waals surface area contributed by atoms with E-state index < -0.39 is 29.8 Å². The van der Waals surface area contributed by atoms with Gasteiger partial charge in [-0.2, -0.15) is 0 Å². The van der Waals surface area contributed by atoms with Crippen molar-refractivity contribution >= 4 is 0 Å². The first kappa shape index (κ1) is 9.36. The minimum atomic E-state index is -1.24. The minimum absolute atomic E-state index is 0.0640. The van der Waals surface area contributed by atoms with Gasteiger partial charge in [0.2, 0.25) is 0 Å². The fourth-order valence-corrected chi connectivity index (χ4v) is 2.48. The average molecular weight is 189 g/mol. The van der Waals surface area contributed by atoms with E-state index >= 15 is 0 Å². The first-order chi connectivity index (χ1) is 6.04. The van der Waals surface area contributed by atoms with Crippen molar-refractivity contribution in [3.63, 3.8) is 0 Å². The van der Waals surface area contributed by atoms with Gasteiger partial charge in [-0.3, -0.25) is 0 Å². The maximum absolute atomic E-state index is 9.60. The Morgan fingerprint density at radius 1 is 1.23 bits per heavy atom. The number of fused-ring (bicyclic) bond motifs is 1. The molecule has 5 heteroatoms. The Morgan fingerprint density at radius 2 is 1.85 bits per heavy atom. The second-order valence-electron chi connectivity index (χ2n) is 4.21. The average Bonchev–Trinajstić information content (AvgIpc) is 2.87. The molecule has 0 amide bonds. The Kier molecular flexibility index (Phi) is 1.91. The summed E-state index contributed by atoms with van der Waals surface area (Å²) in [6.07, 6.45) is -2.79. The van der Waals surface area contributed by atoms with Crippen LogP contribution >= 0.6 is 0 Å². The van der Waals surface area contributed by atoms with Gasteiger partial charge in [-0.05, 0) is 12.3 Å². The second kappa shape index (κ2) is 2.65. The van der Waals surface area contributed by atoms with Gasteiger partial charge in [0.05, 0.1) is 18.8 Å². The molecule has 0 radical (unpaired) electrons. The molecule has 2 fully saturated rings. The van der Waals surface area contributed by atoms with E-state index in [1.165, 1.54) is 0 Å². The number of rotatable bonds is 1. The van der Waals surface area contributed by atoms with Crippen molar-refractivity contribution < 1.29 is 20.4 Å². The largest absolute Gasteiger partial charge is 0.396 e. The summed E-state index contributed by atoms with van der Waals surface area (Å²) in [5.41, 5.74) is 4.99. The Balaban J connectivity index is 2.22. The van der Waals surface area contributed by atoms with Crippen LogP contribution in [0.15, 0.2) is 0 Å². The van der Waals surface area contributed by atoms with Gasteiger partial charge in [-0.15, -0.1) is 0 Å². The van der Waals surface area contributed by atoms with Gasteiger partial charge in [-0.1, -0.05) is 0 Å². The molecule has 2 aliphatic carbocycles. The Hall–Kier alpha value is -0.200. The quantitative estimate of drug-likeness (QED) is 0.311. The molecule has 2 rings (SSSR count). The molecule has 0 aliphatic heterocycles. The van der Waals surface area contributed by atoms with Gasteiger partial charge in [-0.25, -0.2) is 0 Å². The molecule has 13 heavy (non-hydrogen) atoms. The lowest BCUT2D eigenvalue weighted by atomic mass is 9.80. The van der Waals surface area contributed by atoms with Crippen molar-refractivity contribution in [2.75, 3.05) is 6.61 Å². The number of aliphatic hydroxyl groups excluding tert-OH is 4. The predicted molar refractivity (Wildman–Crippen MR) is 43.6 cm³/mol. The van der Waals surface area contributed by atoms with Crippen LogP contribution in [0.3, 0.4) is 0 Å². The zero-order valence-electron chi connectivity index (χ0n) is 7.17. The van der Waals surface area contributed by atoms with Crippen molar-refractivity contribution in [3.05, 3.63) is 0 Å². The van der Waals surface area contributed by atoms with Crippen LogP contribution in [0.1, 0.15) is 6.42 Å². The normalized spacial score (nSPS) is 60.2. The molecule has 0 unspecified atom stereocenters. The van der Waals surface area contributed by atoms with E-state index in [1.807, 2.05) is 0 Å². The summed E-state index contributed by atoms with van der Waals surface area (Å²) >= 11 is 0. The Morgan fingerprint density at radius 3 is 2.38 bits per heavy atom. The molecule has 6 N–H and O–H groups in total. The van der Waals surface area contributed by atoms with Crippen LogP contribution in [-0.4, -0.2) is 51.4 Å². The molecule has 2 saturated carbocycles. The van der Waals surface area contributed by atoms with Crippen molar-refractivity contribution in [2.24, 2.45) is 17.1 Å². The van der Waals surface area contributed by atoms with E-state index in [4.69, 9.17) is 10.8 Å². The maximum atomic E-state index is 9.60. The predicted octanol–water partition coefficient (Wildman–Crippen LogP) is -2.59. The van der Waals surface area contributed by atoms with Gasteiger partial charge in [0, 0.05) is 11.5 Å². The molecule has 2 aliphatic rings. The van der Waals surface area contributed by atoms with Crippen LogP contribution in [0, 0.1) is 11.3 Å². The van der Waals surface area contributed by atoms with Crippen molar-refractivity contribution in [3.8, 4) is 0 Å². The van der Waals surface area contributed by atoms with Gasteiger partial charge in [0.15, 0.2) is 0 Å². The molecular formula is C8H15NO4. The number of hydrogen-bond acceptors (Lipinski definition) is 5. The molecule has 0 aromatic carbocycles. The Labute approximate surface area is 75.8 Å². The molecular weight excluding hydrogens is 174 g/mol. The molecule has 0 aromatic heterocycles. The second-order valence-corrected chi connectivity index (χ2v) is 4.21. The van der Waals surface area contributed by atoms with E-state index in [0.717, 1.165) is 0 Å². The van der Waals surface area contributed by atoms with Crippen LogP contribution < -0.4 is 5.73 Å². The summed E-state index contributed by atoms with van der Waals surface area (Å²) in [5, 5.41) is 37.5. The number of aliphatic hydroxyl groups is 4. The highest BCUT2D eigenvalue weighted by Crippen LogP contribution is 2.60. The lowest BCUT2D eigenvalue weighted by molar-refractivity contribution is -0.131. The molecule has 0 aromatic rings. The highest BCUT2D eigenvalue weighted by molar-refractivity contribution is 5.18. The molecule has 5 nitrogen and oxygen atoms in total. The first-order valence-corrected chi connectivity index (χ1v) is 4.45. The maximum Gasteiger partial charge on any atom is 0.108 e. The molecule has 0 saturated heterocycles. The zero-order chi connectivity index (χ0) is 9.80. The minimum Gasteiger partial charge on any atom is -0.396 e. The van der Waals surface area contributed by atoms with Crippen molar-refractivity contribution in [1.82, 2.24) is 0 Å².